The Balaban J connectivity index is 1.45. The molecular formula is C20H26N2O2. The van der Waals surface area contributed by atoms with Crippen LogP contribution in [0.15, 0.2) is 29.4 Å². The molecule has 4 aliphatic carbocycles. The van der Waals surface area contributed by atoms with Crippen LogP contribution in [0.3, 0.4) is 0 Å². The van der Waals surface area contributed by atoms with Crippen LogP contribution in [0.2, 0.25) is 0 Å². The first-order valence-corrected chi connectivity index (χ1v) is 9.07. The predicted molar refractivity (Wildman–Crippen MR) is 94.0 cm³/mol. The Bertz CT molecular complexity index is 627. The molecule has 0 saturated heterocycles. The van der Waals surface area contributed by atoms with Gasteiger partial charge in [-0.2, -0.15) is 5.10 Å². The fourth-order valence-electron chi connectivity index (χ4n) is 5.54. The number of nitrogens with one attached hydrogen (secondary N) is 1. The van der Waals surface area contributed by atoms with Gasteiger partial charge in [0.2, 0.25) is 5.91 Å². The minimum Gasteiger partial charge on any atom is -0.497 e. The molecule has 128 valence electrons. The van der Waals surface area contributed by atoms with Crippen molar-refractivity contribution in [2.75, 3.05) is 7.11 Å². The van der Waals surface area contributed by atoms with Crippen molar-refractivity contribution in [3.05, 3.63) is 29.8 Å². The fourth-order valence-corrected chi connectivity index (χ4v) is 5.54. The molecule has 4 nitrogen and oxygen atoms in total. The second-order valence-electron chi connectivity index (χ2n) is 8.06. The summed E-state index contributed by atoms with van der Waals surface area (Å²) in [5, 5.41) is 4.38. The minimum absolute atomic E-state index is 0.140. The quantitative estimate of drug-likeness (QED) is 0.677. The topological polar surface area (TPSA) is 50.7 Å². The molecule has 0 atom stereocenters. The number of carbonyl (C=O) groups excluding carboxylic acids is 1. The molecule has 4 bridgehead atoms. The number of carbonyl (C=O) groups is 1. The summed E-state index contributed by atoms with van der Waals surface area (Å²) in [7, 11) is 1.65. The van der Waals surface area contributed by atoms with Crippen LogP contribution in [0, 0.1) is 23.2 Å². The molecule has 0 spiro atoms. The molecule has 0 aromatic heterocycles. The molecule has 1 aromatic rings. The number of methoxy groups -OCH3 is 1. The monoisotopic (exact) mass is 326 g/mol. The van der Waals surface area contributed by atoms with Gasteiger partial charge in [-0.3, -0.25) is 4.79 Å². The molecule has 1 N–H and O–H groups in total. The van der Waals surface area contributed by atoms with Gasteiger partial charge in [-0.05, 0) is 93.0 Å². The van der Waals surface area contributed by atoms with Crippen molar-refractivity contribution in [3.8, 4) is 5.75 Å². The normalized spacial score (nSPS) is 34.2. The number of hydrogen-bond acceptors (Lipinski definition) is 3. The molecular weight excluding hydrogens is 300 g/mol. The zero-order valence-electron chi connectivity index (χ0n) is 14.5. The number of amides is 1. The van der Waals surface area contributed by atoms with Crippen LogP contribution in [0.4, 0.5) is 0 Å². The van der Waals surface area contributed by atoms with Gasteiger partial charge in [-0.1, -0.05) is 0 Å². The third-order valence-corrected chi connectivity index (χ3v) is 6.35. The van der Waals surface area contributed by atoms with Crippen molar-refractivity contribution in [2.24, 2.45) is 28.3 Å². The number of rotatable bonds is 4. The van der Waals surface area contributed by atoms with E-state index in [2.05, 4.69) is 10.5 Å². The SMILES string of the molecule is COc1ccc(C(C)=NNC(=O)C23CC4CC(CC(C4)C2)C3)cc1. The molecule has 5 rings (SSSR count). The van der Waals surface area contributed by atoms with Gasteiger partial charge in [-0.25, -0.2) is 5.43 Å². The van der Waals surface area contributed by atoms with Crippen LogP contribution in [0.1, 0.15) is 51.0 Å². The zero-order valence-corrected chi connectivity index (χ0v) is 14.5. The molecule has 1 amide bonds. The van der Waals surface area contributed by atoms with E-state index in [0.29, 0.717) is 0 Å². The van der Waals surface area contributed by atoms with Crippen molar-refractivity contribution in [1.29, 1.82) is 0 Å². The summed E-state index contributed by atoms with van der Waals surface area (Å²) in [5.74, 6) is 3.29. The summed E-state index contributed by atoms with van der Waals surface area (Å²) in [6.45, 7) is 1.93. The smallest absolute Gasteiger partial charge is 0.246 e. The lowest BCUT2D eigenvalue weighted by Gasteiger charge is -2.55. The minimum atomic E-state index is -0.140. The Morgan fingerprint density at radius 1 is 1.08 bits per heavy atom. The molecule has 0 heterocycles. The van der Waals surface area contributed by atoms with Crippen LogP contribution >= 0.6 is 0 Å². The molecule has 24 heavy (non-hydrogen) atoms. The molecule has 0 radical (unpaired) electrons. The van der Waals surface area contributed by atoms with Crippen LogP contribution in [0.5, 0.6) is 5.75 Å². The molecule has 0 unspecified atom stereocenters. The highest BCUT2D eigenvalue weighted by Gasteiger charge is 2.54. The maximum atomic E-state index is 12.9. The van der Waals surface area contributed by atoms with Crippen molar-refractivity contribution >= 4 is 11.6 Å². The van der Waals surface area contributed by atoms with Crippen molar-refractivity contribution in [1.82, 2.24) is 5.43 Å². The lowest BCUT2D eigenvalue weighted by molar-refractivity contribution is -0.146. The van der Waals surface area contributed by atoms with E-state index in [1.165, 1.54) is 19.3 Å². The van der Waals surface area contributed by atoms with E-state index in [1.807, 2.05) is 31.2 Å². The largest absolute Gasteiger partial charge is 0.497 e. The number of hydrazone groups is 1. The zero-order chi connectivity index (χ0) is 16.7. The molecule has 4 fully saturated rings. The Hall–Kier alpha value is -1.84. The highest BCUT2D eigenvalue weighted by Crippen LogP contribution is 2.60. The van der Waals surface area contributed by atoms with Crippen LogP contribution in [-0.2, 0) is 4.79 Å². The summed E-state index contributed by atoms with van der Waals surface area (Å²) >= 11 is 0. The van der Waals surface area contributed by atoms with E-state index in [9.17, 15) is 4.79 Å². The van der Waals surface area contributed by atoms with Gasteiger partial charge in [0.25, 0.3) is 0 Å². The summed E-state index contributed by atoms with van der Waals surface area (Å²) in [5.41, 5.74) is 4.57. The van der Waals surface area contributed by atoms with Crippen LogP contribution < -0.4 is 10.2 Å². The van der Waals surface area contributed by atoms with Gasteiger partial charge in [0.1, 0.15) is 5.75 Å². The average Bonchev–Trinajstić information content (AvgIpc) is 2.58. The molecule has 4 saturated carbocycles. The first-order chi connectivity index (χ1) is 11.6. The van der Waals surface area contributed by atoms with Crippen molar-refractivity contribution < 1.29 is 9.53 Å². The highest BCUT2D eigenvalue weighted by molar-refractivity contribution is 5.99. The first-order valence-electron chi connectivity index (χ1n) is 9.07. The number of hydrogen-bond donors (Lipinski definition) is 1. The Morgan fingerprint density at radius 2 is 1.62 bits per heavy atom. The fraction of sp³-hybridized carbons (Fsp3) is 0.600. The Kier molecular flexibility index (Phi) is 3.86. The van der Waals surface area contributed by atoms with Gasteiger partial charge in [0, 0.05) is 0 Å². The van der Waals surface area contributed by atoms with Crippen LogP contribution in [0.25, 0.3) is 0 Å². The second kappa shape index (κ2) is 5.91. The summed E-state index contributed by atoms with van der Waals surface area (Å²) in [4.78, 5) is 12.9. The summed E-state index contributed by atoms with van der Waals surface area (Å²) < 4.78 is 5.18. The van der Waals surface area contributed by atoms with Gasteiger partial charge >= 0.3 is 0 Å². The third kappa shape index (κ3) is 2.72. The van der Waals surface area contributed by atoms with Gasteiger partial charge < -0.3 is 4.74 Å². The number of nitrogens with zero attached hydrogens (tertiary/aromatic N) is 1. The maximum absolute atomic E-state index is 12.9. The van der Waals surface area contributed by atoms with Crippen LogP contribution in [-0.4, -0.2) is 18.7 Å². The third-order valence-electron chi connectivity index (χ3n) is 6.35. The van der Waals surface area contributed by atoms with E-state index in [0.717, 1.165) is 54.0 Å². The number of ether oxygens (including phenoxy) is 1. The van der Waals surface area contributed by atoms with Gasteiger partial charge in [0.05, 0.1) is 18.2 Å². The van der Waals surface area contributed by atoms with Gasteiger partial charge in [0.15, 0.2) is 0 Å². The molecule has 4 aliphatic rings. The molecule has 0 aliphatic heterocycles. The first kappa shape index (κ1) is 15.7. The van der Waals surface area contributed by atoms with E-state index in [4.69, 9.17) is 4.74 Å². The van der Waals surface area contributed by atoms with E-state index in [-0.39, 0.29) is 11.3 Å². The molecule has 4 heteroatoms. The Morgan fingerprint density at radius 3 is 2.12 bits per heavy atom. The lowest BCUT2D eigenvalue weighted by atomic mass is 9.49. The van der Waals surface area contributed by atoms with Gasteiger partial charge in [-0.15, -0.1) is 0 Å². The Labute approximate surface area is 143 Å². The molecule has 1 aromatic carbocycles. The van der Waals surface area contributed by atoms with E-state index in [1.54, 1.807) is 7.11 Å². The summed E-state index contributed by atoms with van der Waals surface area (Å²) in [6.07, 6.45) is 7.26. The summed E-state index contributed by atoms with van der Waals surface area (Å²) in [6, 6.07) is 7.76. The standard InChI is InChI=1S/C20H26N2O2/c1-13(17-3-5-18(24-2)6-4-17)21-22-19(23)20-10-14-7-15(11-20)9-16(8-14)12-20/h3-6,14-16H,7-12H2,1-2H3,(H,22,23). The van der Waals surface area contributed by atoms with Crippen molar-refractivity contribution in [3.63, 3.8) is 0 Å². The number of benzene rings is 1. The van der Waals surface area contributed by atoms with E-state index >= 15 is 0 Å². The second-order valence-corrected chi connectivity index (χ2v) is 8.06. The average molecular weight is 326 g/mol. The highest BCUT2D eigenvalue weighted by atomic mass is 16.5. The van der Waals surface area contributed by atoms with Crippen molar-refractivity contribution in [2.45, 2.75) is 45.4 Å². The lowest BCUT2D eigenvalue weighted by Crippen LogP contribution is -2.52. The van der Waals surface area contributed by atoms with E-state index < -0.39 is 0 Å². The predicted octanol–water partition coefficient (Wildman–Crippen LogP) is 3.75. The maximum Gasteiger partial charge on any atom is 0.246 e.